The lowest BCUT2D eigenvalue weighted by Crippen LogP contribution is -2.12. The first-order valence-corrected chi connectivity index (χ1v) is 13.2. The number of thiophene rings is 1. The minimum absolute atomic E-state index is 0.0270. The van der Waals surface area contributed by atoms with Gasteiger partial charge in [-0.3, -0.25) is 4.98 Å². The van der Waals surface area contributed by atoms with Crippen molar-refractivity contribution in [3.8, 4) is 21.7 Å². The van der Waals surface area contributed by atoms with Gasteiger partial charge in [0, 0.05) is 36.0 Å². The molecule has 3 heteroatoms. The molecule has 0 atom stereocenters. The number of hydrogen-bond acceptors (Lipinski definition) is 2. The van der Waals surface area contributed by atoms with Crippen LogP contribution in [0, 0.1) is 20.4 Å². The molecule has 0 spiro atoms. The number of fused-ring (bicyclic) bond motifs is 2. The molecule has 0 amide bonds. The molecule has 0 unspecified atom stereocenters. The highest BCUT2D eigenvalue weighted by Crippen LogP contribution is 2.43. The summed E-state index contributed by atoms with van der Waals surface area (Å²) in [6.45, 7) is 22.7. The van der Waals surface area contributed by atoms with Crippen LogP contribution in [0.3, 0.4) is 0 Å². The molecule has 2 aromatic heterocycles. The van der Waals surface area contributed by atoms with Crippen LogP contribution in [0.2, 0.25) is 0 Å². The average molecular weight is 489 g/mol. The average Bonchev–Trinajstić information content (AvgIpc) is 3.26. The molecule has 5 rings (SSSR count). The van der Waals surface area contributed by atoms with E-state index in [4.69, 9.17) is 11.6 Å². The van der Waals surface area contributed by atoms with Gasteiger partial charge in [0.05, 0.1) is 10.4 Å². The van der Waals surface area contributed by atoms with Crippen LogP contribution < -0.4 is 0 Å². The highest BCUT2D eigenvalue weighted by atomic mass is 32.1. The van der Waals surface area contributed by atoms with Crippen molar-refractivity contribution in [3.05, 3.63) is 101 Å². The molecular weight excluding hydrogens is 456 g/mol. The Morgan fingerprint density at radius 3 is 2.19 bits per heavy atom. The third kappa shape index (κ3) is 4.10. The lowest BCUT2D eigenvalue weighted by atomic mass is 9.82. The van der Waals surface area contributed by atoms with Crippen molar-refractivity contribution in [2.45, 2.75) is 59.4 Å². The number of benzene rings is 3. The standard InChI is InChI=1S/C33H32N2S/c1-20-15-25(33(6,7)34-8)16-21(2)29(20)28-19-23-13-14-35-30(31(23)36-28)24-17-22-11-9-10-12-26(22)27(18-24)32(3,4)5/h9-19H,1-7H3. The Labute approximate surface area is 218 Å². The number of hydrogen-bond donors (Lipinski definition) is 0. The summed E-state index contributed by atoms with van der Waals surface area (Å²) < 4.78 is 1.21. The maximum atomic E-state index is 7.60. The van der Waals surface area contributed by atoms with E-state index in [1.165, 1.54) is 53.6 Å². The van der Waals surface area contributed by atoms with Crippen LogP contribution in [0.1, 0.15) is 56.9 Å². The monoisotopic (exact) mass is 488 g/mol. The second kappa shape index (κ2) is 8.57. The molecule has 180 valence electrons. The maximum Gasteiger partial charge on any atom is 0.252 e. The van der Waals surface area contributed by atoms with Gasteiger partial charge in [-0.25, -0.2) is 6.57 Å². The van der Waals surface area contributed by atoms with Crippen LogP contribution in [-0.4, -0.2) is 4.98 Å². The Bertz CT molecular complexity index is 1650. The van der Waals surface area contributed by atoms with Crippen molar-refractivity contribution in [2.24, 2.45) is 0 Å². The smallest absolute Gasteiger partial charge is 0.252 e. The molecule has 0 fully saturated rings. The fraction of sp³-hybridized carbons (Fsp3) is 0.273. The van der Waals surface area contributed by atoms with Crippen molar-refractivity contribution < 1.29 is 0 Å². The third-order valence-corrected chi connectivity index (χ3v) is 8.32. The number of aromatic nitrogens is 1. The Balaban J connectivity index is 1.70. The topological polar surface area (TPSA) is 17.2 Å². The highest BCUT2D eigenvalue weighted by molar-refractivity contribution is 7.22. The van der Waals surface area contributed by atoms with E-state index in [9.17, 15) is 0 Å². The number of nitrogens with zero attached hydrogens (tertiary/aromatic N) is 2. The fourth-order valence-corrected chi connectivity index (χ4v) is 6.47. The highest BCUT2D eigenvalue weighted by Gasteiger charge is 2.27. The largest absolute Gasteiger partial charge is 0.306 e. The van der Waals surface area contributed by atoms with Crippen molar-refractivity contribution in [2.75, 3.05) is 0 Å². The number of rotatable bonds is 3. The Morgan fingerprint density at radius 1 is 0.833 bits per heavy atom. The fourth-order valence-electron chi connectivity index (χ4n) is 5.13. The second-order valence-electron chi connectivity index (χ2n) is 11.3. The third-order valence-electron chi connectivity index (χ3n) is 7.14. The molecule has 0 aliphatic carbocycles. The van der Waals surface area contributed by atoms with Crippen LogP contribution in [0.5, 0.6) is 0 Å². The van der Waals surface area contributed by atoms with E-state index in [1.807, 2.05) is 31.4 Å². The van der Waals surface area contributed by atoms with Crippen LogP contribution in [0.25, 0.3) is 47.4 Å². The number of aryl methyl sites for hydroxylation is 2. The zero-order valence-electron chi connectivity index (χ0n) is 22.2. The van der Waals surface area contributed by atoms with Gasteiger partial charge in [-0.2, -0.15) is 0 Å². The van der Waals surface area contributed by atoms with Gasteiger partial charge in [0.25, 0.3) is 5.54 Å². The van der Waals surface area contributed by atoms with Gasteiger partial charge < -0.3 is 4.85 Å². The minimum atomic E-state index is -0.522. The van der Waals surface area contributed by atoms with Crippen molar-refractivity contribution in [1.82, 2.24) is 4.98 Å². The summed E-state index contributed by atoms with van der Waals surface area (Å²) in [5.74, 6) is 0. The van der Waals surface area contributed by atoms with Gasteiger partial charge in [0.2, 0.25) is 0 Å². The summed E-state index contributed by atoms with van der Waals surface area (Å²) in [6, 6.07) is 22.1. The molecule has 0 saturated carbocycles. The van der Waals surface area contributed by atoms with Gasteiger partial charge in [0.1, 0.15) is 0 Å². The molecule has 3 aromatic carbocycles. The summed E-state index contributed by atoms with van der Waals surface area (Å²) in [6.07, 6.45) is 1.93. The number of pyridine rings is 1. The van der Waals surface area contributed by atoms with E-state index >= 15 is 0 Å². The predicted octanol–water partition coefficient (Wildman–Crippen LogP) is 9.85. The SMILES string of the molecule is [C-]#[N+]C(C)(C)c1cc(C)c(-c2cc3ccnc(-c4cc(C(C)(C)C)c5ccccc5c4)c3s2)c(C)c1. The van der Waals surface area contributed by atoms with Gasteiger partial charge in [-0.1, -0.05) is 45.0 Å². The summed E-state index contributed by atoms with van der Waals surface area (Å²) >= 11 is 1.82. The quantitative estimate of drug-likeness (QED) is 0.231. The molecule has 2 heterocycles. The lowest BCUT2D eigenvalue weighted by molar-refractivity contribution is 0.596. The van der Waals surface area contributed by atoms with Crippen molar-refractivity contribution >= 4 is 32.2 Å². The molecule has 0 saturated heterocycles. The molecule has 5 aromatic rings. The van der Waals surface area contributed by atoms with Gasteiger partial charge in [-0.05, 0) is 94.1 Å². The predicted molar refractivity (Wildman–Crippen MR) is 156 cm³/mol. The Morgan fingerprint density at radius 2 is 1.53 bits per heavy atom. The van der Waals surface area contributed by atoms with Crippen molar-refractivity contribution in [1.29, 1.82) is 0 Å². The van der Waals surface area contributed by atoms with Crippen LogP contribution in [0.15, 0.2) is 66.9 Å². The summed E-state index contributed by atoms with van der Waals surface area (Å²) in [4.78, 5) is 9.99. The first-order valence-electron chi connectivity index (χ1n) is 12.4. The van der Waals surface area contributed by atoms with Gasteiger partial charge in [0.15, 0.2) is 0 Å². The van der Waals surface area contributed by atoms with Crippen LogP contribution in [0.4, 0.5) is 0 Å². The molecule has 2 nitrogen and oxygen atoms in total. The van der Waals surface area contributed by atoms with Crippen LogP contribution in [-0.2, 0) is 11.0 Å². The van der Waals surface area contributed by atoms with Gasteiger partial charge in [-0.15, -0.1) is 11.3 Å². The summed E-state index contributed by atoms with van der Waals surface area (Å²) in [5, 5.41) is 3.77. The van der Waals surface area contributed by atoms with E-state index < -0.39 is 5.54 Å². The van der Waals surface area contributed by atoms with E-state index in [1.54, 1.807) is 0 Å². The van der Waals surface area contributed by atoms with Crippen molar-refractivity contribution in [3.63, 3.8) is 0 Å². The molecule has 0 bridgehead atoms. The zero-order valence-corrected chi connectivity index (χ0v) is 23.0. The molecule has 0 radical (unpaired) electrons. The zero-order chi connectivity index (χ0) is 25.8. The Hall–Kier alpha value is -3.48. The summed E-state index contributed by atoms with van der Waals surface area (Å²) in [5.41, 5.74) is 7.82. The van der Waals surface area contributed by atoms with Crippen LogP contribution >= 0.6 is 11.3 Å². The van der Waals surface area contributed by atoms with E-state index in [-0.39, 0.29) is 5.41 Å². The van der Waals surface area contributed by atoms with E-state index in [0.29, 0.717) is 0 Å². The minimum Gasteiger partial charge on any atom is -0.306 e. The van der Waals surface area contributed by atoms with E-state index in [0.717, 1.165) is 11.3 Å². The maximum absolute atomic E-state index is 7.60. The molecule has 0 aliphatic rings. The molecular formula is C33H32N2S. The molecule has 36 heavy (non-hydrogen) atoms. The first kappa shape index (κ1) is 24.2. The normalized spacial score (nSPS) is 12.3. The summed E-state index contributed by atoms with van der Waals surface area (Å²) in [7, 11) is 0. The van der Waals surface area contributed by atoms with E-state index in [2.05, 4.69) is 100 Å². The Kier molecular flexibility index (Phi) is 5.77. The van der Waals surface area contributed by atoms with Gasteiger partial charge >= 0.3 is 0 Å². The lowest BCUT2D eigenvalue weighted by Gasteiger charge is -2.22. The second-order valence-corrected chi connectivity index (χ2v) is 12.4. The molecule has 0 aliphatic heterocycles. The molecule has 0 N–H and O–H groups in total. The first-order chi connectivity index (χ1) is 17.0.